The van der Waals surface area contributed by atoms with Gasteiger partial charge < -0.3 is 15.7 Å². The molecule has 0 radical (unpaired) electrons. The lowest BCUT2D eigenvalue weighted by Crippen LogP contribution is -2.46. The van der Waals surface area contributed by atoms with Crippen LogP contribution in [0.4, 0.5) is 4.79 Å². The minimum Gasteiger partial charge on any atom is -0.481 e. The van der Waals surface area contributed by atoms with Gasteiger partial charge in [-0.25, -0.2) is 4.79 Å². The van der Waals surface area contributed by atoms with E-state index in [-0.39, 0.29) is 12.6 Å². The van der Waals surface area contributed by atoms with Crippen LogP contribution in [0, 0.1) is 11.3 Å². The number of carboxylic acids is 1. The molecule has 104 valence electrons. The first kappa shape index (κ1) is 14.8. The molecule has 0 spiro atoms. The number of carbonyl (C=O) groups excluding carboxylic acids is 1. The highest BCUT2D eigenvalue weighted by atomic mass is 16.4. The summed E-state index contributed by atoms with van der Waals surface area (Å²) in [5.41, 5.74) is -0.839. The molecule has 1 aliphatic carbocycles. The fourth-order valence-electron chi connectivity index (χ4n) is 1.99. The number of urea groups is 1. The summed E-state index contributed by atoms with van der Waals surface area (Å²) < 4.78 is 0. The summed E-state index contributed by atoms with van der Waals surface area (Å²) in [7, 11) is 0. The van der Waals surface area contributed by atoms with Gasteiger partial charge in [0.2, 0.25) is 0 Å². The quantitative estimate of drug-likeness (QED) is 0.621. The maximum atomic E-state index is 11.5. The van der Waals surface area contributed by atoms with Gasteiger partial charge in [0.1, 0.15) is 0 Å². The van der Waals surface area contributed by atoms with E-state index in [1.54, 1.807) is 0 Å². The Labute approximate surface area is 108 Å². The largest absolute Gasteiger partial charge is 0.481 e. The highest BCUT2D eigenvalue weighted by molar-refractivity contribution is 5.78. The van der Waals surface area contributed by atoms with E-state index in [2.05, 4.69) is 10.6 Å². The molecule has 18 heavy (non-hydrogen) atoms. The Morgan fingerprint density at radius 2 is 1.83 bits per heavy atom. The van der Waals surface area contributed by atoms with Crippen molar-refractivity contribution >= 4 is 12.0 Å². The summed E-state index contributed by atoms with van der Waals surface area (Å²) in [6, 6.07) is -0.261. The van der Waals surface area contributed by atoms with Gasteiger partial charge in [0.15, 0.2) is 0 Å². The van der Waals surface area contributed by atoms with Crippen molar-refractivity contribution in [2.75, 3.05) is 13.1 Å². The number of rotatable bonds is 8. The van der Waals surface area contributed by atoms with Crippen LogP contribution in [0.5, 0.6) is 0 Å². The van der Waals surface area contributed by atoms with Crippen LogP contribution in [0.3, 0.4) is 0 Å². The average Bonchev–Trinajstić information content (AvgIpc) is 3.15. The summed E-state index contributed by atoms with van der Waals surface area (Å²) >= 11 is 0. The number of carbonyl (C=O) groups is 2. The van der Waals surface area contributed by atoms with E-state index in [9.17, 15) is 14.7 Å². The summed E-state index contributed by atoms with van der Waals surface area (Å²) in [4.78, 5) is 22.8. The van der Waals surface area contributed by atoms with Crippen LogP contribution in [-0.2, 0) is 4.79 Å². The molecule has 0 atom stereocenters. The Hall–Kier alpha value is -1.26. The highest BCUT2D eigenvalue weighted by Gasteiger charge is 2.35. The molecular formula is C13H24N2O3. The number of carboxylic acid groups (broad SMARTS) is 1. The molecular weight excluding hydrogens is 232 g/mol. The normalized spacial score (nSPS) is 15.2. The van der Waals surface area contributed by atoms with Gasteiger partial charge in [0.25, 0.3) is 0 Å². The highest BCUT2D eigenvalue weighted by Crippen LogP contribution is 2.31. The van der Waals surface area contributed by atoms with Crippen molar-refractivity contribution in [3.8, 4) is 0 Å². The minimum absolute atomic E-state index is 0.185. The number of hydrogen-bond donors (Lipinski definition) is 3. The molecule has 5 heteroatoms. The van der Waals surface area contributed by atoms with E-state index < -0.39 is 11.4 Å². The number of aliphatic carboxylic acids is 1. The summed E-state index contributed by atoms with van der Waals surface area (Å²) in [6.07, 6.45) is 4.61. The molecule has 0 saturated heterocycles. The molecule has 3 N–H and O–H groups in total. The van der Waals surface area contributed by atoms with Crippen LogP contribution >= 0.6 is 0 Å². The van der Waals surface area contributed by atoms with Gasteiger partial charge in [-0.15, -0.1) is 0 Å². The van der Waals surface area contributed by atoms with Crippen molar-refractivity contribution in [1.82, 2.24) is 10.6 Å². The van der Waals surface area contributed by atoms with E-state index in [1.807, 2.05) is 13.8 Å². The molecule has 0 aromatic carbocycles. The van der Waals surface area contributed by atoms with E-state index in [0.717, 1.165) is 12.3 Å². The van der Waals surface area contributed by atoms with Crippen LogP contribution < -0.4 is 10.6 Å². The standard InChI is InChI=1S/C13H24N2O3/c1-3-13(4-2,11(16)17)9-15-12(18)14-8-7-10-5-6-10/h10H,3-9H2,1-2H3,(H,16,17)(H2,14,15,18). The zero-order valence-electron chi connectivity index (χ0n) is 11.3. The molecule has 0 aliphatic heterocycles. The fraction of sp³-hybridized carbons (Fsp3) is 0.846. The van der Waals surface area contributed by atoms with Crippen molar-refractivity contribution in [1.29, 1.82) is 0 Å². The number of amides is 2. The first-order chi connectivity index (χ1) is 8.54. The third kappa shape index (κ3) is 4.20. The third-order valence-corrected chi connectivity index (χ3v) is 3.93. The molecule has 1 rings (SSSR count). The summed E-state index contributed by atoms with van der Waals surface area (Å²) in [5, 5.41) is 14.7. The zero-order chi connectivity index (χ0) is 13.6. The maximum Gasteiger partial charge on any atom is 0.314 e. The third-order valence-electron chi connectivity index (χ3n) is 3.93. The number of hydrogen-bond acceptors (Lipinski definition) is 2. The average molecular weight is 256 g/mol. The lowest BCUT2D eigenvalue weighted by Gasteiger charge is -2.26. The Bertz CT molecular complexity index is 297. The zero-order valence-corrected chi connectivity index (χ0v) is 11.3. The Balaban J connectivity index is 2.27. The monoisotopic (exact) mass is 256 g/mol. The maximum absolute atomic E-state index is 11.5. The van der Waals surface area contributed by atoms with E-state index >= 15 is 0 Å². The van der Waals surface area contributed by atoms with Gasteiger partial charge in [0, 0.05) is 13.1 Å². The van der Waals surface area contributed by atoms with Gasteiger partial charge in [-0.3, -0.25) is 4.79 Å². The molecule has 0 aromatic rings. The van der Waals surface area contributed by atoms with Crippen LogP contribution in [0.15, 0.2) is 0 Å². The lowest BCUT2D eigenvalue weighted by molar-refractivity contribution is -0.149. The predicted octanol–water partition coefficient (Wildman–Crippen LogP) is 1.98. The molecule has 1 aliphatic rings. The molecule has 1 saturated carbocycles. The van der Waals surface area contributed by atoms with Gasteiger partial charge >= 0.3 is 12.0 Å². The second-order valence-electron chi connectivity index (χ2n) is 5.13. The van der Waals surface area contributed by atoms with Crippen molar-refractivity contribution in [3.63, 3.8) is 0 Å². The van der Waals surface area contributed by atoms with Crippen molar-refractivity contribution in [3.05, 3.63) is 0 Å². The molecule has 2 amide bonds. The summed E-state index contributed by atoms with van der Waals surface area (Å²) in [5.74, 6) is -0.0551. The van der Waals surface area contributed by atoms with E-state index in [4.69, 9.17) is 0 Å². The van der Waals surface area contributed by atoms with Gasteiger partial charge in [0.05, 0.1) is 5.41 Å². The van der Waals surface area contributed by atoms with E-state index in [0.29, 0.717) is 19.4 Å². The Morgan fingerprint density at radius 1 is 1.22 bits per heavy atom. The predicted molar refractivity (Wildman–Crippen MR) is 69.4 cm³/mol. The second kappa shape index (κ2) is 6.61. The SMILES string of the molecule is CCC(CC)(CNC(=O)NCCC1CC1)C(=O)O. The second-order valence-corrected chi connectivity index (χ2v) is 5.13. The van der Waals surface area contributed by atoms with Crippen molar-refractivity contribution in [2.45, 2.75) is 46.0 Å². The smallest absolute Gasteiger partial charge is 0.314 e. The first-order valence-electron chi connectivity index (χ1n) is 6.79. The van der Waals surface area contributed by atoms with Crippen LogP contribution in [0.2, 0.25) is 0 Å². The summed E-state index contributed by atoms with van der Waals surface area (Å²) in [6.45, 7) is 4.54. The molecule has 0 bridgehead atoms. The molecule has 0 unspecified atom stereocenters. The Morgan fingerprint density at radius 3 is 2.28 bits per heavy atom. The van der Waals surface area contributed by atoms with Crippen LogP contribution in [-0.4, -0.2) is 30.2 Å². The number of nitrogens with one attached hydrogen (secondary N) is 2. The Kier molecular flexibility index (Phi) is 5.44. The molecule has 1 fully saturated rings. The minimum atomic E-state index is -0.842. The van der Waals surface area contributed by atoms with E-state index in [1.165, 1.54) is 12.8 Å². The van der Waals surface area contributed by atoms with Crippen molar-refractivity contribution < 1.29 is 14.7 Å². The molecule has 5 nitrogen and oxygen atoms in total. The molecule has 0 heterocycles. The van der Waals surface area contributed by atoms with Gasteiger partial charge in [-0.05, 0) is 25.2 Å². The first-order valence-corrected chi connectivity index (χ1v) is 6.79. The molecule has 0 aromatic heterocycles. The lowest BCUT2D eigenvalue weighted by atomic mass is 9.82. The van der Waals surface area contributed by atoms with Crippen LogP contribution in [0.1, 0.15) is 46.0 Å². The fourth-order valence-corrected chi connectivity index (χ4v) is 1.99. The van der Waals surface area contributed by atoms with Gasteiger partial charge in [-0.2, -0.15) is 0 Å². The topological polar surface area (TPSA) is 78.4 Å². The van der Waals surface area contributed by atoms with Crippen LogP contribution in [0.25, 0.3) is 0 Å². The van der Waals surface area contributed by atoms with Crippen molar-refractivity contribution in [2.24, 2.45) is 11.3 Å². The van der Waals surface area contributed by atoms with Gasteiger partial charge in [-0.1, -0.05) is 26.7 Å².